The molecule has 5 rings (SSSR count). The fourth-order valence-electron chi connectivity index (χ4n) is 6.10. The zero-order valence-electron chi connectivity index (χ0n) is 27.2. The van der Waals surface area contributed by atoms with E-state index in [2.05, 4.69) is 29.7 Å². The van der Waals surface area contributed by atoms with Crippen LogP contribution in [0.3, 0.4) is 0 Å². The van der Waals surface area contributed by atoms with E-state index in [-0.39, 0.29) is 18.4 Å². The molecule has 1 atom stereocenters. The van der Waals surface area contributed by atoms with Crippen LogP contribution in [0.15, 0.2) is 48.7 Å². The second-order valence-electron chi connectivity index (χ2n) is 12.3. The molecule has 1 unspecified atom stereocenters. The summed E-state index contributed by atoms with van der Waals surface area (Å²) < 4.78 is 10.7. The first-order valence-electron chi connectivity index (χ1n) is 16.1. The number of pyridine rings is 2. The van der Waals surface area contributed by atoms with E-state index in [4.69, 9.17) is 38.7 Å². The predicted molar refractivity (Wildman–Crippen MR) is 184 cm³/mol. The highest BCUT2D eigenvalue weighted by molar-refractivity contribution is 6.35. The van der Waals surface area contributed by atoms with Crippen LogP contribution >= 0.6 is 23.2 Å². The van der Waals surface area contributed by atoms with Crippen LogP contribution in [0.5, 0.6) is 11.6 Å². The van der Waals surface area contributed by atoms with Gasteiger partial charge in [-0.2, -0.15) is 0 Å². The minimum atomic E-state index is -1.09. The molecule has 1 aromatic carbocycles. The topological polar surface area (TPSA) is 143 Å². The highest BCUT2D eigenvalue weighted by Gasteiger charge is 2.25. The first-order valence-corrected chi connectivity index (χ1v) is 16.8. The minimum Gasteiger partial charge on any atom is -0.437 e. The van der Waals surface area contributed by atoms with E-state index in [1.165, 1.54) is 0 Å². The van der Waals surface area contributed by atoms with Gasteiger partial charge in [-0.25, -0.2) is 14.8 Å². The van der Waals surface area contributed by atoms with Crippen molar-refractivity contribution in [3.63, 3.8) is 0 Å². The Morgan fingerprint density at radius 3 is 2.33 bits per heavy atom. The first kappa shape index (κ1) is 35.3. The van der Waals surface area contributed by atoms with E-state index >= 15 is 0 Å². The van der Waals surface area contributed by atoms with Gasteiger partial charge < -0.3 is 25.4 Å². The molecule has 2 fully saturated rings. The van der Waals surface area contributed by atoms with Crippen molar-refractivity contribution in [3.8, 4) is 22.9 Å². The maximum absolute atomic E-state index is 11.8. The number of carbonyl (C=O) groups excluding carboxylic acids is 3. The molecule has 2 aromatic heterocycles. The number of primary amides is 1. The van der Waals surface area contributed by atoms with E-state index in [1.807, 2.05) is 43.3 Å². The lowest BCUT2D eigenvalue weighted by Crippen LogP contribution is -2.50. The Labute approximate surface area is 290 Å². The van der Waals surface area contributed by atoms with Gasteiger partial charge in [-0.1, -0.05) is 23.2 Å². The van der Waals surface area contributed by atoms with Crippen molar-refractivity contribution in [2.24, 2.45) is 11.7 Å². The van der Waals surface area contributed by atoms with Gasteiger partial charge in [-0.3, -0.25) is 19.4 Å². The number of hydrogen-bond acceptors (Lipinski definition) is 10. The standard InChI is InChI=1S/C34H41Cl2N7O5/c1-22(13-33(45)48-34(37)46)42-9-11-43(12-10-42)31-4-3-29(20-39-31)47-32-15-25(14-30(40-32)26-16-27(35)18-28(36)17-26)21-41-7-5-24(6-8-41)19-38-23(2)44/h3-4,14-18,20,22,24H,5-13,19,21H2,1-2H3,(H2,37,46)(H,38,44). The molecular weight excluding hydrogens is 657 g/mol. The number of amides is 2. The van der Waals surface area contributed by atoms with Gasteiger partial charge in [0.25, 0.3) is 0 Å². The van der Waals surface area contributed by atoms with Gasteiger partial charge in [0, 0.05) is 73.9 Å². The highest BCUT2D eigenvalue weighted by atomic mass is 35.5. The molecule has 3 aromatic rings. The van der Waals surface area contributed by atoms with E-state index in [9.17, 15) is 14.4 Å². The fourth-order valence-corrected chi connectivity index (χ4v) is 6.63. The van der Waals surface area contributed by atoms with Gasteiger partial charge in [0.05, 0.1) is 18.3 Å². The molecule has 256 valence electrons. The lowest BCUT2D eigenvalue weighted by molar-refractivity contribution is -0.138. The number of nitrogens with zero attached hydrogens (tertiary/aromatic N) is 5. The minimum absolute atomic E-state index is 0.00939. The van der Waals surface area contributed by atoms with Gasteiger partial charge in [0.2, 0.25) is 11.8 Å². The lowest BCUT2D eigenvalue weighted by Gasteiger charge is -2.38. The van der Waals surface area contributed by atoms with Crippen LogP contribution in [-0.2, 0) is 20.9 Å². The van der Waals surface area contributed by atoms with Crippen molar-refractivity contribution in [1.82, 2.24) is 25.1 Å². The number of ether oxygens (including phenoxy) is 2. The molecule has 2 aliphatic rings. The summed E-state index contributed by atoms with van der Waals surface area (Å²) in [5.74, 6) is 1.67. The molecule has 2 aliphatic heterocycles. The highest BCUT2D eigenvalue weighted by Crippen LogP contribution is 2.31. The molecular formula is C34H41Cl2N7O5. The molecule has 0 saturated carbocycles. The zero-order chi connectivity index (χ0) is 34.2. The van der Waals surface area contributed by atoms with Crippen molar-refractivity contribution in [2.75, 3.05) is 50.7 Å². The average molecular weight is 699 g/mol. The second kappa shape index (κ2) is 16.4. The van der Waals surface area contributed by atoms with Crippen LogP contribution < -0.4 is 20.7 Å². The Balaban J connectivity index is 1.24. The van der Waals surface area contributed by atoms with Gasteiger partial charge in [-0.15, -0.1) is 0 Å². The molecule has 0 spiro atoms. The summed E-state index contributed by atoms with van der Waals surface area (Å²) in [5, 5.41) is 3.99. The molecule has 2 saturated heterocycles. The normalized spacial score (nSPS) is 16.7. The third-order valence-corrected chi connectivity index (χ3v) is 9.09. The first-order chi connectivity index (χ1) is 23.0. The Kier molecular flexibility index (Phi) is 12.1. The summed E-state index contributed by atoms with van der Waals surface area (Å²) in [5.41, 5.74) is 7.48. The summed E-state index contributed by atoms with van der Waals surface area (Å²) >= 11 is 12.7. The summed E-state index contributed by atoms with van der Waals surface area (Å²) in [7, 11) is 0. The van der Waals surface area contributed by atoms with Gasteiger partial charge in [0.1, 0.15) is 11.6 Å². The van der Waals surface area contributed by atoms with Gasteiger partial charge in [-0.05, 0) is 80.7 Å². The largest absolute Gasteiger partial charge is 0.437 e. The predicted octanol–water partition coefficient (Wildman–Crippen LogP) is 5.11. The van der Waals surface area contributed by atoms with E-state index in [0.717, 1.165) is 82.1 Å². The molecule has 0 aliphatic carbocycles. The van der Waals surface area contributed by atoms with Crippen LogP contribution in [-0.4, -0.2) is 89.6 Å². The Morgan fingerprint density at radius 2 is 1.71 bits per heavy atom. The summed E-state index contributed by atoms with van der Waals surface area (Å²) in [6.45, 7) is 9.69. The lowest BCUT2D eigenvalue weighted by atomic mass is 9.96. The molecule has 2 amide bonds. The second-order valence-corrected chi connectivity index (χ2v) is 13.2. The van der Waals surface area contributed by atoms with E-state index in [0.29, 0.717) is 33.3 Å². The molecule has 0 bridgehead atoms. The fraction of sp³-hybridized carbons (Fsp3) is 0.441. The molecule has 4 heterocycles. The number of rotatable bonds is 11. The molecule has 3 N–H and O–H groups in total. The number of carbonyl (C=O) groups is 3. The Hall–Kier alpha value is -3.97. The number of piperazine rings is 1. The molecule has 12 nitrogen and oxygen atoms in total. The molecule has 14 heteroatoms. The number of halogens is 2. The van der Waals surface area contributed by atoms with Crippen LogP contribution in [0.4, 0.5) is 10.6 Å². The number of likely N-dealkylation sites (tertiary alicyclic amines) is 1. The number of aromatic nitrogens is 2. The van der Waals surface area contributed by atoms with Crippen LogP contribution in [0.25, 0.3) is 11.3 Å². The molecule has 48 heavy (non-hydrogen) atoms. The summed E-state index contributed by atoms with van der Waals surface area (Å²) in [4.78, 5) is 50.2. The SMILES string of the molecule is CC(=O)NCC1CCN(Cc2cc(Oc3ccc(N4CCN(C(C)CC(=O)OC(N)=O)CC4)nc3)nc(-c3cc(Cl)cc(Cl)c3)c2)CC1. The average Bonchev–Trinajstić information content (AvgIpc) is 3.04. The van der Waals surface area contributed by atoms with Gasteiger partial charge >= 0.3 is 12.1 Å². The smallest absolute Gasteiger partial charge is 0.412 e. The number of nitrogens with one attached hydrogen (secondary N) is 1. The van der Waals surface area contributed by atoms with Crippen LogP contribution in [0.2, 0.25) is 10.0 Å². The Morgan fingerprint density at radius 1 is 1.00 bits per heavy atom. The van der Waals surface area contributed by atoms with Crippen molar-refractivity contribution >= 4 is 47.0 Å². The quantitative estimate of drug-likeness (QED) is 0.205. The third-order valence-electron chi connectivity index (χ3n) is 8.65. The number of esters is 1. The van der Waals surface area contributed by atoms with Crippen LogP contribution in [0, 0.1) is 5.92 Å². The van der Waals surface area contributed by atoms with Crippen molar-refractivity contribution in [3.05, 3.63) is 64.3 Å². The third kappa shape index (κ3) is 10.3. The van der Waals surface area contributed by atoms with Crippen molar-refractivity contribution in [2.45, 2.75) is 45.7 Å². The maximum Gasteiger partial charge on any atom is 0.412 e. The van der Waals surface area contributed by atoms with Gasteiger partial charge in [0.15, 0.2) is 0 Å². The summed E-state index contributed by atoms with van der Waals surface area (Å²) in [6, 6.07) is 13.1. The number of piperidine rings is 1. The number of nitrogens with two attached hydrogens (primary N) is 1. The maximum atomic E-state index is 11.8. The Bertz CT molecular complexity index is 1570. The van der Waals surface area contributed by atoms with Crippen LogP contribution in [0.1, 0.15) is 38.7 Å². The molecule has 0 radical (unpaired) electrons. The summed E-state index contributed by atoms with van der Waals surface area (Å²) in [6.07, 6.45) is 2.73. The van der Waals surface area contributed by atoms with Crippen molar-refractivity contribution in [1.29, 1.82) is 0 Å². The number of hydrogen-bond donors (Lipinski definition) is 2. The monoisotopic (exact) mass is 697 g/mol. The number of benzene rings is 1. The number of anilines is 1. The van der Waals surface area contributed by atoms with E-state index < -0.39 is 12.1 Å². The van der Waals surface area contributed by atoms with E-state index in [1.54, 1.807) is 19.2 Å². The van der Waals surface area contributed by atoms with Crippen molar-refractivity contribution < 1.29 is 23.9 Å². The zero-order valence-corrected chi connectivity index (χ0v) is 28.7.